The molecule has 1 aliphatic rings. The van der Waals surface area contributed by atoms with Crippen molar-refractivity contribution in [3.63, 3.8) is 0 Å². The monoisotopic (exact) mass is 345 g/mol. The molecule has 0 bridgehead atoms. The van der Waals surface area contributed by atoms with E-state index >= 15 is 0 Å². The zero-order valence-corrected chi connectivity index (χ0v) is 14.8. The van der Waals surface area contributed by atoms with Crippen LogP contribution in [0.4, 0.5) is 4.79 Å². The molecule has 0 saturated heterocycles. The quantitative estimate of drug-likeness (QED) is 0.863. The van der Waals surface area contributed by atoms with E-state index in [1.165, 1.54) is 12.8 Å². The highest BCUT2D eigenvalue weighted by Crippen LogP contribution is 2.32. The van der Waals surface area contributed by atoms with Crippen molar-refractivity contribution in [1.82, 2.24) is 15.0 Å². The Morgan fingerprint density at radius 2 is 2.12 bits per heavy atom. The third-order valence-electron chi connectivity index (χ3n) is 4.50. The Morgan fingerprint density at radius 3 is 2.80 bits per heavy atom. The van der Waals surface area contributed by atoms with Gasteiger partial charge in [0.05, 0.1) is 17.0 Å². The van der Waals surface area contributed by atoms with Crippen LogP contribution in [0.25, 0.3) is 11.5 Å². The van der Waals surface area contributed by atoms with Gasteiger partial charge in [0.15, 0.2) is 5.76 Å². The maximum Gasteiger partial charge on any atom is 0.409 e. The standard InChI is InChI=1S/C18H23N3O4/c1-11-14(10-24-18(23)21(3)9-8-13-4-5-13)17(25-20-11)15-6-7-16(22)12(2)19-15/h6-7,13,22H,4-5,8-10H2,1-3H3. The van der Waals surface area contributed by atoms with Crippen molar-refractivity contribution >= 4 is 6.09 Å². The van der Waals surface area contributed by atoms with Crippen molar-refractivity contribution in [3.05, 3.63) is 29.1 Å². The molecule has 1 amide bonds. The number of carbonyl (C=O) groups is 1. The smallest absolute Gasteiger partial charge is 0.409 e. The minimum Gasteiger partial charge on any atom is -0.506 e. The number of hydrogen-bond acceptors (Lipinski definition) is 6. The van der Waals surface area contributed by atoms with E-state index in [1.807, 2.05) is 0 Å². The van der Waals surface area contributed by atoms with E-state index in [9.17, 15) is 9.90 Å². The Hall–Kier alpha value is -2.57. The second-order valence-electron chi connectivity index (χ2n) is 6.58. The molecule has 25 heavy (non-hydrogen) atoms. The fraction of sp³-hybridized carbons (Fsp3) is 0.500. The third kappa shape index (κ3) is 4.10. The summed E-state index contributed by atoms with van der Waals surface area (Å²) >= 11 is 0. The SMILES string of the molecule is Cc1nc(-c2onc(C)c2COC(=O)N(C)CCC2CC2)ccc1O. The summed E-state index contributed by atoms with van der Waals surface area (Å²) in [5.41, 5.74) is 2.37. The van der Waals surface area contributed by atoms with Crippen LogP contribution in [0.15, 0.2) is 16.7 Å². The van der Waals surface area contributed by atoms with E-state index in [4.69, 9.17) is 9.26 Å². The molecular formula is C18H23N3O4. The Kier molecular flexibility index (Phi) is 4.92. The van der Waals surface area contributed by atoms with Crippen molar-refractivity contribution in [2.75, 3.05) is 13.6 Å². The molecule has 0 aliphatic heterocycles. The van der Waals surface area contributed by atoms with Crippen LogP contribution >= 0.6 is 0 Å². The van der Waals surface area contributed by atoms with Gasteiger partial charge in [-0.25, -0.2) is 9.78 Å². The number of amides is 1. The minimum absolute atomic E-state index is 0.0683. The van der Waals surface area contributed by atoms with Crippen molar-refractivity contribution in [2.24, 2.45) is 5.92 Å². The van der Waals surface area contributed by atoms with Crippen LogP contribution in [-0.2, 0) is 11.3 Å². The summed E-state index contributed by atoms with van der Waals surface area (Å²) in [7, 11) is 1.75. The molecule has 0 aromatic carbocycles. The first-order chi connectivity index (χ1) is 12.0. The van der Waals surface area contributed by atoms with Crippen LogP contribution in [0, 0.1) is 19.8 Å². The van der Waals surface area contributed by atoms with Gasteiger partial charge in [0.25, 0.3) is 0 Å². The zero-order chi connectivity index (χ0) is 18.0. The van der Waals surface area contributed by atoms with Gasteiger partial charge in [-0.1, -0.05) is 18.0 Å². The molecule has 1 N–H and O–H groups in total. The highest BCUT2D eigenvalue weighted by Gasteiger charge is 2.23. The van der Waals surface area contributed by atoms with E-state index in [0.717, 1.165) is 12.3 Å². The molecule has 7 heteroatoms. The lowest BCUT2D eigenvalue weighted by Crippen LogP contribution is -2.28. The van der Waals surface area contributed by atoms with Gasteiger partial charge >= 0.3 is 6.09 Å². The van der Waals surface area contributed by atoms with Crippen molar-refractivity contribution in [2.45, 2.75) is 39.7 Å². The lowest BCUT2D eigenvalue weighted by molar-refractivity contribution is 0.104. The van der Waals surface area contributed by atoms with Gasteiger partial charge in [-0.3, -0.25) is 0 Å². The van der Waals surface area contributed by atoms with Gasteiger partial charge in [-0.15, -0.1) is 0 Å². The van der Waals surface area contributed by atoms with E-state index in [-0.39, 0.29) is 18.4 Å². The van der Waals surface area contributed by atoms with E-state index in [2.05, 4.69) is 10.1 Å². The number of pyridine rings is 1. The summed E-state index contributed by atoms with van der Waals surface area (Å²) in [6.07, 6.45) is 3.21. The average Bonchev–Trinajstić information content (AvgIpc) is 3.35. The summed E-state index contributed by atoms with van der Waals surface area (Å²) in [4.78, 5) is 18.0. The summed E-state index contributed by atoms with van der Waals surface area (Å²) in [6, 6.07) is 3.20. The molecule has 0 unspecified atom stereocenters. The molecule has 2 aromatic heterocycles. The number of nitrogens with zero attached hydrogens (tertiary/aromatic N) is 3. The topological polar surface area (TPSA) is 88.7 Å². The molecule has 1 fully saturated rings. The maximum atomic E-state index is 12.1. The number of hydrogen-bond donors (Lipinski definition) is 1. The van der Waals surface area contributed by atoms with Crippen molar-refractivity contribution in [1.29, 1.82) is 0 Å². The summed E-state index contributed by atoms with van der Waals surface area (Å²) in [6.45, 7) is 4.27. The largest absolute Gasteiger partial charge is 0.506 e. The van der Waals surface area contributed by atoms with Gasteiger partial charge in [0.1, 0.15) is 18.1 Å². The summed E-state index contributed by atoms with van der Waals surface area (Å²) in [5.74, 6) is 1.34. The highest BCUT2D eigenvalue weighted by atomic mass is 16.6. The van der Waals surface area contributed by atoms with Crippen molar-refractivity contribution in [3.8, 4) is 17.2 Å². The molecule has 0 radical (unpaired) electrons. The minimum atomic E-state index is -0.359. The second kappa shape index (κ2) is 7.13. The Balaban J connectivity index is 1.66. The van der Waals surface area contributed by atoms with Crippen LogP contribution in [0.1, 0.15) is 36.2 Å². The van der Waals surface area contributed by atoms with E-state index in [0.29, 0.717) is 35.0 Å². The first-order valence-corrected chi connectivity index (χ1v) is 8.45. The molecule has 3 rings (SSSR count). The van der Waals surface area contributed by atoms with Crippen LogP contribution in [0.2, 0.25) is 0 Å². The Labute approximate surface area is 146 Å². The molecule has 1 saturated carbocycles. The fourth-order valence-corrected chi connectivity index (χ4v) is 2.56. The normalized spacial score (nSPS) is 13.7. The Morgan fingerprint density at radius 1 is 1.36 bits per heavy atom. The van der Waals surface area contributed by atoms with Crippen LogP contribution in [-0.4, -0.2) is 39.8 Å². The molecule has 2 aromatic rings. The number of aryl methyl sites for hydroxylation is 2. The number of rotatable bonds is 6. The van der Waals surface area contributed by atoms with E-state index in [1.54, 1.807) is 37.9 Å². The maximum absolute atomic E-state index is 12.1. The van der Waals surface area contributed by atoms with Crippen molar-refractivity contribution < 1.29 is 19.2 Å². The van der Waals surface area contributed by atoms with Gasteiger partial charge in [-0.2, -0.15) is 0 Å². The second-order valence-corrected chi connectivity index (χ2v) is 6.58. The predicted octanol–water partition coefficient (Wildman–Crippen LogP) is 3.43. The average molecular weight is 345 g/mol. The summed E-state index contributed by atoms with van der Waals surface area (Å²) in [5, 5.41) is 13.6. The fourth-order valence-electron chi connectivity index (χ4n) is 2.56. The van der Waals surface area contributed by atoms with Gasteiger partial charge in [-0.05, 0) is 38.3 Å². The molecule has 2 heterocycles. The zero-order valence-electron chi connectivity index (χ0n) is 14.8. The molecule has 7 nitrogen and oxygen atoms in total. The van der Waals surface area contributed by atoms with E-state index < -0.39 is 0 Å². The number of carbonyl (C=O) groups excluding carboxylic acids is 1. The first-order valence-electron chi connectivity index (χ1n) is 8.45. The molecule has 134 valence electrons. The van der Waals surface area contributed by atoms with Crippen LogP contribution in [0.3, 0.4) is 0 Å². The molecule has 0 atom stereocenters. The lowest BCUT2D eigenvalue weighted by atomic mass is 10.1. The lowest BCUT2D eigenvalue weighted by Gasteiger charge is -2.16. The van der Waals surface area contributed by atoms with Gasteiger partial charge in [0.2, 0.25) is 0 Å². The first kappa shape index (κ1) is 17.3. The molecule has 0 spiro atoms. The predicted molar refractivity (Wildman–Crippen MR) is 91.0 cm³/mol. The number of ether oxygens (including phenoxy) is 1. The Bertz CT molecular complexity index is 768. The van der Waals surface area contributed by atoms with Crippen LogP contribution in [0.5, 0.6) is 5.75 Å². The number of aromatic hydroxyl groups is 1. The third-order valence-corrected chi connectivity index (χ3v) is 4.50. The van der Waals surface area contributed by atoms with Gasteiger partial charge in [0, 0.05) is 13.6 Å². The highest BCUT2D eigenvalue weighted by molar-refractivity contribution is 5.67. The number of aromatic nitrogens is 2. The molecular weight excluding hydrogens is 322 g/mol. The van der Waals surface area contributed by atoms with Crippen LogP contribution < -0.4 is 0 Å². The summed E-state index contributed by atoms with van der Waals surface area (Å²) < 4.78 is 10.8. The van der Waals surface area contributed by atoms with Gasteiger partial charge < -0.3 is 19.3 Å². The molecule has 1 aliphatic carbocycles.